The molecule has 1 aromatic heterocycles. The second-order valence-corrected chi connectivity index (χ2v) is 9.69. The molecular weight excluding hydrogens is 368 g/mol. The molecule has 27 heavy (non-hydrogen) atoms. The van der Waals surface area contributed by atoms with Crippen LogP contribution in [0.2, 0.25) is 0 Å². The van der Waals surface area contributed by atoms with E-state index >= 15 is 0 Å². The molecule has 1 N–H and O–H groups in total. The fourth-order valence-electron chi connectivity index (χ4n) is 2.13. The summed E-state index contributed by atoms with van der Waals surface area (Å²) in [5.74, 6) is -1.13. The molecule has 0 aliphatic heterocycles. The largest absolute Gasteiger partial charge is 0.464 e. The van der Waals surface area contributed by atoms with Crippen molar-refractivity contribution in [2.45, 2.75) is 31.3 Å². The molecule has 1 amide bonds. The number of hydrogen-bond acceptors (Lipinski definition) is 6. The molecule has 144 valence electrons. The first-order valence-corrected chi connectivity index (χ1v) is 9.86. The highest BCUT2D eigenvalue weighted by molar-refractivity contribution is 7.91. The zero-order chi connectivity index (χ0) is 20.2. The Morgan fingerprint density at radius 1 is 1.15 bits per heavy atom. The number of rotatable bonds is 5. The second kappa shape index (κ2) is 7.87. The minimum atomic E-state index is -3.33. The molecule has 1 aromatic carbocycles. The van der Waals surface area contributed by atoms with Gasteiger partial charge in [-0.3, -0.25) is 4.79 Å². The van der Waals surface area contributed by atoms with Crippen LogP contribution in [0.3, 0.4) is 0 Å². The van der Waals surface area contributed by atoms with Crippen LogP contribution in [0.25, 0.3) is 0 Å². The van der Waals surface area contributed by atoms with Gasteiger partial charge in [0.25, 0.3) is 5.91 Å². The minimum absolute atomic E-state index is 0.100. The van der Waals surface area contributed by atoms with Gasteiger partial charge in [-0.1, -0.05) is 12.1 Å². The summed E-state index contributed by atoms with van der Waals surface area (Å²) in [5, 5.41) is 2.70. The average molecular weight is 390 g/mol. The molecule has 0 spiro atoms. The van der Waals surface area contributed by atoms with Crippen molar-refractivity contribution >= 4 is 27.4 Å². The summed E-state index contributed by atoms with van der Waals surface area (Å²) in [4.78, 5) is 27.6. The number of anilines is 1. The number of nitrogens with zero attached hydrogens (tertiary/aromatic N) is 1. The Kier molecular flexibility index (Phi) is 6.00. The number of amides is 1. The monoisotopic (exact) mass is 390 g/mol. The topological polar surface area (TPSA) is 102 Å². The first-order chi connectivity index (χ1) is 12.5. The lowest BCUT2D eigenvalue weighted by Gasteiger charge is -2.19. The summed E-state index contributed by atoms with van der Waals surface area (Å²) in [6, 6.07) is 9.53. The number of pyridine rings is 1. The maximum atomic E-state index is 12.4. The molecule has 7 nitrogen and oxygen atoms in total. The Morgan fingerprint density at radius 3 is 2.41 bits per heavy atom. The van der Waals surface area contributed by atoms with E-state index in [2.05, 4.69) is 15.0 Å². The Labute approximate surface area is 158 Å². The zero-order valence-corrected chi connectivity index (χ0v) is 16.5. The number of nitrogens with one attached hydrogen (secondary N) is 1. The number of esters is 1. The molecule has 0 unspecified atom stereocenters. The SMILES string of the molecule is COC(=O)c1ccc(C(=O)Nc2cccc(CS(=O)(=O)C(C)(C)C)c2)cn1. The average Bonchev–Trinajstić information content (AvgIpc) is 2.60. The fraction of sp³-hybridized carbons (Fsp3) is 0.316. The number of sulfone groups is 1. The van der Waals surface area contributed by atoms with Crippen molar-refractivity contribution in [1.82, 2.24) is 4.98 Å². The molecule has 2 aromatic rings. The lowest BCUT2D eigenvalue weighted by atomic mass is 10.2. The lowest BCUT2D eigenvalue weighted by Crippen LogP contribution is -2.29. The molecule has 1 heterocycles. The summed E-state index contributed by atoms with van der Waals surface area (Å²) in [6.07, 6.45) is 1.27. The molecule has 0 saturated carbocycles. The van der Waals surface area contributed by atoms with Crippen molar-refractivity contribution in [3.05, 3.63) is 59.4 Å². The van der Waals surface area contributed by atoms with Crippen molar-refractivity contribution in [1.29, 1.82) is 0 Å². The molecule has 0 fully saturated rings. The third-order valence-electron chi connectivity index (χ3n) is 3.89. The van der Waals surface area contributed by atoms with E-state index in [-0.39, 0.29) is 17.0 Å². The smallest absolute Gasteiger partial charge is 0.356 e. The first kappa shape index (κ1) is 20.6. The summed E-state index contributed by atoms with van der Waals surface area (Å²) in [6.45, 7) is 4.96. The van der Waals surface area contributed by atoms with Crippen molar-refractivity contribution in [2.75, 3.05) is 12.4 Å². The van der Waals surface area contributed by atoms with Gasteiger partial charge in [-0.2, -0.15) is 0 Å². The Morgan fingerprint density at radius 2 is 1.85 bits per heavy atom. The third kappa shape index (κ3) is 5.13. The quantitative estimate of drug-likeness (QED) is 0.788. The maximum absolute atomic E-state index is 12.4. The van der Waals surface area contributed by atoms with E-state index in [1.807, 2.05) is 0 Å². The predicted molar refractivity (Wildman–Crippen MR) is 102 cm³/mol. The molecule has 0 bridgehead atoms. The molecular formula is C19H22N2O5S. The van der Waals surface area contributed by atoms with Gasteiger partial charge >= 0.3 is 5.97 Å². The van der Waals surface area contributed by atoms with Crippen LogP contribution in [-0.2, 0) is 20.3 Å². The molecule has 0 aliphatic rings. The normalized spacial score (nSPS) is 11.7. The number of hydrogen-bond donors (Lipinski definition) is 1. The minimum Gasteiger partial charge on any atom is -0.464 e. The van der Waals surface area contributed by atoms with Gasteiger partial charge in [0.15, 0.2) is 9.84 Å². The molecule has 0 radical (unpaired) electrons. The molecule has 0 aliphatic carbocycles. The second-order valence-electron chi connectivity index (χ2n) is 6.95. The third-order valence-corrected chi connectivity index (χ3v) is 6.47. The van der Waals surface area contributed by atoms with E-state index in [1.165, 1.54) is 25.4 Å². The van der Waals surface area contributed by atoms with Crippen molar-refractivity contribution in [2.24, 2.45) is 0 Å². The maximum Gasteiger partial charge on any atom is 0.356 e. The number of methoxy groups -OCH3 is 1. The van der Waals surface area contributed by atoms with Gasteiger partial charge in [0.2, 0.25) is 0 Å². The summed E-state index contributed by atoms with van der Waals surface area (Å²) >= 11 is 0. The van der Waals surface area contributed by atoms with Crippen molar-refractivity contribution in [3.8, 4) is 0 Å². The van der Waals surface area contributed by atoms with Crippen LogP contribution in [0.15, 0.2) is 42.6 Å². The summed E-state index contributed by atoms with van der Waals surface area (Å²) < 4.78 is 28.4. The number of aromatic nitrogens is 1. The van der Waals surface area contributed by atoms with E-state index in [9.17, 15) is 18.0 Å². The van der Waals surface area contributed by atoms with Crippen LogP contribution < -0.4 is 5.32 Å². The van der Waals surface area contributed by atoms with E-state index in [0.29, 0.717) is 11.3 Å². The van der Waals surface area contributed by atoms with Crippen LogP contribution in [-0.4, -0.2) is 37.1 Å². The number of ether oxygens (including phenoxy) is 1. The molecule has 2 rings (SSSR count). The summed E-state index contributed by atoms with van der Waals surface area (Å²) in [5.41, 5.74) is 1.42. The highest BCUT2D eigenvalue weighted by atomic mass is 32.2. The van der Waals surface area contributed by atoms with Gasteiger partial charge in [-0.15, -0.1) is 0 Å². The standard InChI is InChI=1S/C19H22N2O5S/c1-19(2,3)27(24,25)12-13-6-5-7-15(10-13)21-17(22)14-8-9-16(20-11-14)18(23)26-4/h5-11H,12H2,1-4H3,(H,21,22). The van der Waals surface area contributed by atoms with Crippen LogP contribution in [0.1, 0.15) is 47.2 Å². The Hall–Kier alpha value is -2.74. The van der Waals surface area contributed by atoms with E-state index in [4.69, 9.17) is 0 Å². The number of carbonyl (C=O) groups excluding carboxylic acids is 2. The van der Waals surface area contributed by atoms with Crippen LogP contribution in [0.4, 0.5) is 5.69 Å². The highest BCUT2D eigenvalue weighted by Crippen LogP contribution is 2.22. The van der Waals surface area contributed by atoms with Gasteiger partial charge in [0, 0.05) is 11.9 Å². The summed E-state index contributed by atoms with van der Waals surface area (Å²) in [7, 11) is -2.08. The van der Waals surface area contributed by atoms with Crippen LogP contribution in [0, 0.1) is 0 Å². The molecule has 0 atom stereocenters. The zero-order valence-electron chi connectivity index (χ0n) is 15.6. The van der Waals surface area contributed by atoms with Gasteiger partial charge in [-0.05, 0) is 50.6 Å². The lowest BCUT2D eigenvalue weighted by molar-refractivity contribution is 0.0593. The van der Waals surface area contributed by atoms with E-state index in [1.54, 1.807) is 45.0 Å². The first-order valence-electron chi connectivity index (χ1n) is 8.20. The predicted octanol–water partition coefficient (Wildman–Crippen LogP) is 2.83. The Balaban J connectivity index is 2.14. The van der Waals surface area contributed by atoms with E-state index < -0.39 is 26.5 Å². The molecule has 0 saturated heterocycles. The van der Waals surface area contributed by atoms with Gasteiger partial charge in [0.05, 0.1) is 23.2 Å². The van der Waals surface area contributed by atoms with Gasteiger partial charge < -0.3 is 10.1 Å². The van der Waals surface area contributed by atoms with Gasteiger partial charge in [-0.25, -0.2) is 18.2 Å². The number of benzene rings is 1. The highest BCUT2D eigenvalue weighted by Gasteiger charge is 2.29. The van der Waals surface area contributed by atoms with Gasteiger partial charge in [0.1, 0.15) is 5.69 Å². The van der Waals surface area contributed by atoms with Crippen LogP contribution >= 0.6 is 0 Å². The van der Waals surface area contributed by atoms with Crippen LogP contribution in [0.5, 0.6) is 0 Å². The molecule has 8 heteroatoms. The number of carbonyl (C=O) groups is 2. The van der Waals surface area contributed by atoms with Crippen molar-refractivity contribution < 1.29 is 22.7 Å². The van der Waals surface area contributed by atoms with E-state index in [0.717, 1.165) is 0 Å². The fourth-order valence-corrected chi connectivity index (χ4v) is 3.18. The van der Waals surface area contributed by atoms with Crippen molar-refractivity contribution in [3.63, 3.8) is 0 Å². The Bertz CT molecular complexity index is 945.